The third-order valence-corrected chi connectivity index (χ3v) is 2.99. The molecule has 1 amide bonds. The molecule has 1 fully saturated rings. The lowest BCUT2D eigenvalue weighted by Gasteiger charge is -2.09. The summed E-state index contributed by atoms with van der Waals surface area (Å²) in [7, 11) is 0. The molecule has 1 aliphatic heterocycles. The summed E-state index contributed by atoms with van der Waals surface area (Å²) in [5, 5.41) is 9.36. The van der Waals surface area contributed by atoms with E-state index in [9.17, 15) is 4.79 Å². The number of aryl methyl sites for hydroxylation is 1. The first kappa shape index (κ1) is 11.9. The van der Waals surface area contributed by atoms with Gasteiger partial charge in [-0.15, -0.1) is 0 Å². The average molecular weight is 238 g/mol. The van der Waals surface area contributed by atoms with Crippen LogP contribution < -0.4 is 11.1 Å². The number of hydrogen-bond donors (Lipinski definition) is 3. The van der Waals surface area contributed by atoms with Crippen molar-refractivity contribution in [3.05, 3.63) is 11.4 Å². The predicted octanol–water partition coefficient (Wildman–Crippen LogP) is 0.599. The molecule has 1 unspecified atom stereocenters. The summed E-state index contributed by atoms with van der Waals surface area (Å²) in [6.45, 7) is 3.21. The van der Waals surface area contributed by atoms with Crippen molar-refractivity contribution in [2.24, 2.45) is 0 Å². The molecular weight excluding hydrogens is 220 g/mol. The summed E-state index contributed by atoms with van der Waals surface area (Å²) in [6.07, 6.45) is 3.33. The number of anilines is 1. The number of H-pyrrole nitrogens is 1. The Balaban J connectivity index is 1.79. The van der Waals surface area contributed by atoms with E-state index in [1.165, 1.54) is 0 Å². The van der Waals surface area contributed by atoms with Crippen molar-refractivity contribution in [2.45, 2.75) is 32.3 Å². The highest BCUT2D eigenvalue weighted by molar-refractivity contribution is 5.97. The number of rotatable bonds is 4. The zero-order chi connectivity index (χ0) is 12.3. The fraction of sp³-hybridized carbons (Fsp3) is 0.636. The van der Waals surface area contributed by atoms with E-state index in [-0.39, 0.29) is 17.7 Å². The van der Waals surface area contributed by atoms with Crippen LogP contribution in [0.3, 0.4) is 0 Å². The largest absolute Gasteiger partial charge is 0.395 e. The van der Waals surface area contributed by atoms with Crippen LogP contribution in [0, 0.1) is 6.92 Å². The average Bonchev–Trinajstić information content (AvgIpc) is 2.91. The maximum absolute atomic E-state index is 11.7. The minimum atomic E-state index is -0.232. The van der Waals surface area contributed by atoms with E-state index in [1.54, 1.807) is 6.92 Å². The van der Waals surface area contributed by atoms with E-state index in [0.717, 1.165) is 25.9 Å². The number of nitrogens with two attached hydrogens (primary N) is 1. The summed E-state index contributed by atoms with van der Waals surface area (Å²) in [4.78, 5) is 11.7. The number of amides is 1. The summed E-state index contributed by atoms with van der Waals surface area (Å²) >= 11 is 0. The van der Waals surface area contributed by atoms with Gasteiger partial charge in [0.1, 0.15) is 0 Å². The maximum Gasteiger partial charge on any atom is 0.273 e. The Bertz CT molecular complexity index is 396. The van der Waals surface area contributed by atoms with Crippen LogP contribution in [0.25, 0.3) is 0 Å². The first-order valence-corrected chi connectivity index (χ1v) is 5.88. The van der Waals surface area contributed by atoms with Crippen molar-refractivity contribution in [3.63, 3.8) is 0 Å². The fourth-order valence-corrected chi connectivity index (χ4v) is 1.91. The van der Waals surface area contributed by atoms with E-state index in [1.807, 2.05) is 0 Å². The Morgan fingerprint density at radius 3 is 3.12 bits per heavy atom. The lowest BCUT2D eigenvalue weighted by atomic mass is 10.2. The molecule has 2 heterocycles. The third-order valence-electron chi connectivity index (χ3n) is 2.99. The van der Waals surface area contributed by atoms with Gasteiger partial charge in [-0.2, -0.15) is 5.10 Å². The van der Waals surface area contributed by atoms with Crippen LogP contribution in [-0.4, -0.2) is 35.4 Å². The zero-order valence-electron chi connectivity index (χ0n) is 9.95. The van der Waals surface area contributed by atoms with Gasteiger partial charge in [-0.25, -0.2) is 0 Å². The smallest absolute Gasteiger partial charge is 0.273 e. The Morgan fingerprint density at radius 2 is 2.53 bits per heavy atom. The Kier molecular flexibility index (Phi) is 3.63. The second-order valence-corrected chi connectivity index (χ2v) is 4.29. The number of hydrogen-bond acceptors (Lipinski definition) is 4. The first-order chi connectivity index (χ1) is 8.18. The number of carbonyl (C=O) groups excluding carboxylic acids is 1. The molecule has 1 saturated heterocycles. The van der Waals surface area contributed by atoms with Gasteiger partial charge in [0.2, 0.25) is 0 Å². The van der Waals surface area contributed by atoms with E-state index in [0.29, 0.717) is 17.9 Å². The molecule has 0 spiro atoms. The van der Waals surface area contributed by atoms with Gasteiger partial charge in [-0.1, -0.05) is 0 Å². The van der Waals surface area contributed by atoms with Crippen LogP contribution in [0.2, 0.25) is 0 Å². The molecule has 1 aromatic rings. The number of aromatic amines is 1. The molecule has 6 nitrogen and oxygen atoms in total. The van der Waals surface area contributed by atoms with Gasteiger partial charge >= 0.3 is 0 Å². The van der Waals surface area contributed by atoms with Crippen LogP contribution in [0.1, 0.15) is 35.4 Å². The molecule has 1 atom stereocenters. The summed E-state index contributed by atoms with van der Waals surface area (Å²) in [5.74, 6) is -0.232. The molecule has 2 rings (SSSR count). The number of aromatic nitrogens is 2. The van der Waals surface area contributed by atoms with Crippen LogP contribution in [0.15, 0.2) is 0 Å². The van der Waals surface area contributed by atoms with Crippen molar-refractivity contribution in [2.75, 3.05) is 18.9 Å². The fourth-order valence-electron chi connectivity index (χ4n) is 1.91. The molecule has 17 heavy (non-hydrogen) atoms. The number of nitrogens with zero attached hydrogens (tertiary/aromatic N) is 1. The normalized spacial score (nSPS) is 19.5. The molecule has 0 bridgehead atoms. The predicted molar refractivity (Wildman–Crippen MR) is 63.7 cm³/mol. The van der Waals surface area contributed by atoms with Gasteiger partial charge in [-0.05, 0) is 26.2 Å². The molecule has 6 heteroatoms. The topological polar surface area (TPSA) is 93.0 Å². The van der Waals surface area contributed by atoms with Crippen molar-refractivity contribution < 1.29 is 9.53 Å². The monoisotopic (exact) mass is 238 g/mol. The SMILES string of the molecule is Cc1[nH]nc(C(=O)NCCC2CCCO2)c1N. The van der Waals surface area contributed by atoms with E-state index < -0.39 is 0 Å². The van der Waals surface area contributed by atoms with E-state index in [4.69, 9.17) is 10.5 Å². The van der Waals surface area contributed by atoms with Gasteiger partial charge in [0.25, 0.3) is 5.91 Å². The summed E-state index contributed by atoms with van der Waals surface area (Å²) in [6, 6.07) is 0. The molecule has 1 aliphatic rings. The number of nitrogens with one attached hydrogen (secondary N) is 2. The minimum absolute atomic E-state index is 0.232. The van der Waals surface area contributed by atoms with Gasteiger partial charge < -0.3 is 15.8 Å². The van der Waals surface area contributed by atoms with Crippen molar-refractivity contribution >= 4 is 11.6 Å². The quantitative estimate of drug-likeness (QED) is 0.716. The van der Waals surface area contributed by atoms with Crippen molar-refractivity contribution in [1.82, 2.24) is 15.5 Å². The molecule has 1 aromatic heterocycles. The van der Waals surface area contributed by atoms with Crippen LogP contribution in [0.5, 0.6) is 0 Å². The summed E-state index contributed by atoms with van der Waals surface area (Å²) < 4.78 is 5.47. The highest BCUT2D eigenvalue weighted by atomic mass is 16.5. The van der Waals surface area contributed by atoms with Crippen molar-refractivity contribution in [1.29, 1.82) is 0 Å². The Morgan fingerprint density at radius 1 is 1.71 bits per heavy atom. The van der Waals surface area contributed by atoms with Gasteiger partial charge in [0.05, 0.1) is 17.5 Å². The minimum Gasteiger partial charge on any atom is -0.395 e. The maximum atomic E-state index is 11.7. The molecule has 0 radical (unpaired) electrons. The standard InChI is InChI=1S/C11H18N4O2/c1-7-9(12)10(15-14-7)11(16)13-5-4-8-3-2-6-17-8/h8H,2-6,12H2,1H3,(H,13,16)(H,14,15). The Hall–Kier alpha value is -1.56. The number of ether oxygens (including phenoxy) is 1. The van der Waals surface area contributed by atoms with Crippen LogP contribution in [0.4, 0.5) is 5.69 Å². The molecule has 4 N–H and O–H groups in total. The lowest BCUT2D eigenvalue weighted by Crippen LogP contribution is -2.28. The van der Waals surface area contributed by atoms with E-state index in [2.05, 4.69) is 15.5 Å². The molecule has 0 aliphatic carbocycles. The summed E-state index contributed by atoms with van der Waals surface area (Å²) in [5.41, 5.74) is 7.12. The van der Waals surface area contributed by atoms with Crippen molar-refractivity contribution in [3.8, 4) is 0 Å². The van der Waals surface area contributed by atoms with Crippen LogP contribution in [-0.2, 0) is 4.74 Å². The highest BCUT2D eigenvalue weighted by Gasteiger charge is 2.17. The highest BCUT2D eigenvalue weighted by Crippen LogP contribution is 2.15. The molecule has 0 saturated carbocycles. The number of nitrogen functional groups attached to an aromatic ring is 1. The first-order valence-electron chi connectivity index (χ1n) is 5.88. The second kappa shape index (κ2) is 5.18. The number of carbonyl (C=O) groups is 1. The zero-order valence-corrected chi connectivity index (χ0v) is 9.95. The van der Waals surface area contributed by atoms with Gasteiger partial charge in [0.15, 0.2) is 5.69 Å². The van der Waals surface area contributed by atoms with Gasteiger partial charge in [-0.3, -0.25) is 9.89 Å². The third kappa shape index (κ3) is 2.76. The Labute approximate surface area is 99.9 Å². The second-order valence-electron chi connectivity index (χ2n) is 4.29. The lowest BCUT2D eigenvalue weighted by molar-refractivity contribution is 0.0904. The molecule has 94 valence electrons. The molecular formula is C11H18N4O2. The van der Waals surface area contributed by atoms with Gasteiger partial charge in [0, 0.05) is 13.2 Å². The molecule has 0 aromatic carbocycles. The van der Waals surface area contributed by atoms with Crippen LogP contribution >= 0.6 is 0 Å². The van der Waals surface area contributed by atoms with E-state index >= 15 is 0 Å².